The fourth-order valence-electron chi connectivity index (χ4n) is 4.14. The lowest BCUT2D eigenvalue weighted by molar-refractivity contribution is -0.110. The minimum absolute atomic E-state index is 0.204. The molecule has 0 spiro atoms. The number of piperazine rings is 1. The van der Waals surface area contributed by atoms with E-state index in [0.717, 1.165) is 90.1 Å². The van der Waals surface area contributed by atoms with E-state index in [9.17, 15) is 14.4 Å². The lowest BCUT2D eigenvalue weighted by Gasteiger charge is -2.34. The summed E-state index contributed by atoms with van der Waals surface area (Å²) in [5.41, 5.74) is 1.99. The van der Waals surface area contributed by atoms with Gasteiger partial charge in [0.1, 0.15) is 29.1 Å². The lowest BCUT2D eigenvalue weighted by atomic mass is 10.1. The second-order valence-electron chi connectivity index (χ2n) is 10.8. The number of nitrogens with one attached hydrogen (secondary N) is 1. The first-order chi connectivity index (χ1) is 18.3. The standard InChI is InChI=1S/C22H25FN8S2.C4H8O/c1-29-6-8-30(9-7-29)16-10-15(33-28-22(13-23)4-5-22)12-31-17(11-25-18(16)31)19-26-27-20(32-19)21(14-24)2-3-21;1-4(2)3-5/h10-12,28H,2-9,13H2,1H3;3-4H,1-2H3. The highest BCUT2D eigenvalue weighted by Gasteiger charge is 2.48. The summed E-state index contributed by atoms with van der Waals surface area (Å²) in [5.74, 6) is 0.204. The number of likely N-dealkylation sites (N-methyl/N-ethyl adjacent to an activating group) is 1. The van der Waals surface area contributed by atoms with Gasteiger partial charge in [0.05, 0.1) is 23.5 Å². The van der Waals surface area contributed by atoms with Crippen LogP contribution in [-0.4, -0.2) is 76.2 Å². The SMILES string of the molecule is CC(C)C=O.CN1CCN(c2cc(SNC3(CF)CC3)cn3c(-c4nnc(C5(C#N)CC5)s4)cnc23)CC1. The summed E-state index contributed by atoms with van der Waals surface area (Å²) in [6.07, 6.45) is 8.24. The van der Waals surface area contributed by atoms with Crippen molar-refractivity contribution in [3.8, 4) is 16.8 Å². The van der Waals surface area contributed by atoms with E-state index in [-0.39, 0.29) is 18.1 Å². The maximum Gasteiger partial charge on any atom is 0.166 e. The van der Waals surface area contributed by atoms with Crippen LogP contribution in [-0.2, 0) is 10.2 Å². The Hall–Kier alpha value is -2.59. The van der Waals surface area contributed by atoms with Crippen molar-refractivity contribution >= 4 is 40.9 Å². The van der Waals surface area contributed by atoms with Crippen LogP contribution in [0, 0.1) is 17.2 Å². The van der Waals surface area contributed by atoms with E-state index in [2.05, 4.69) is 48.3 Å². The maximum atomic E-state index is 13.4. The van der Waals surface area contributed by atoms with Gasteiger partial charge in [0.25, 0.3) is 0 Å². The van der Waals surface area contributed by atoms with Crippen molar-refractivity contribution in [2.75, 3.05) is 44.8 Å². The molecule has 0 amide bonds. The molecule has 0 unspecified atom stereocenters. The minimum atomic E-state index is -0.447. The zero-order chi connectivity index (χ0) is 26.9. The second kappa shape index (κ2) is 10.9. The van der Waals surface area contributed by atoms with Crippen molar-refractivity contribution in [3.63, 3.8) is 0 Å². The molecule has 0 bridgehead atoms. The summed E-state index contributed by atoms with van der Waals surface area (Å²) in [5, 5.41) is 19.9. The average molecular weight is 557 g/mol. The monoisotopic (exact) mass is 556 g/mol. The van der Waals surface area contributed by atoms with Crippen LogP contribution in [0.4, 0.5) is 10.1 Å². The Labute approximate surface area is 230 Å². The van der Waals surface area contributed by atoms with Crippen molar-refractivity contribution in [2.24, 2.45) is 5.92 Å². The summed E-state index contributed by atoms with van der Waals surface area (Å²) >= 11 is 2.97. The molecule has 3 fully saturated rings. The van der Waals surface area contributed by atoms with Crippen molar-refractivity contribution in [3.05, 3.63) is 23.5 Å². The Morgan fingerprint density at radius 1 is 1.24 bits per heavy atom. The number of hydrogen-bond acceptors (Lipinski definition) is 10. The fourth-order valence-corrected chi connectivity index (χ4v) is 6.11. The summed E-state index contributed by atoms with van der Waals surface area (Å²) in [4.78, 5) is 20.0. The first-order valence-corrected chi connectivity index (χ1v) is 14.6. The molecule has 3 aliphatic rings. The molecular formula is C26H33FN8OS2. The number of alkyl halides is 1. The number of pyridine rings is 1. The molecule has 0 atom stereocenters. The van der Waals surface area contributed by atoms with Gasteiger partial charge in [-0.3, -0.25) is 9.12 Å². The van der Waals surface area contributed by atoms with Crippen molar-refractivity contribution in [1.82, 2.24) is 29.2 Å². The van der Waals surface area contributed by atoms with Gasteiger partial charge in [-0.1, -0.05) is 25.2 Å². The zero-order valence-electron chi connectivity index (χ0n) is 22.0. The molecule has 0 radical (unpaired) electrons. The van der Waals surface area contributed by atoms with E-state index < -0.39 is 5.41 Å². The number of nitriles is 1. The number of rotatable bonds is 8. The van der Waals surface area contributed by atoms with Crippen LogP contribution in [0.1, 0.15) is 44.5 Å². The van der Waals surface area contributed by atoms with E-state index in [4.69, 9.17) is 4.98 Å². The maximum absolute atomic E-state index is 13.4. The topological polar surface area (TPSA) is 102 Å². The molecule has 38 heavy (non-hydrogen) atoms. The number of aldehydes is 1. The van der Waals surface area contributed by atoms with Crippen LogP contribution in [0.15, 0.2) is 23.4 Å². The van der Waals surface area contributed by atoms with E-state index in [0.29, 0.717) is 0 Å². The predicted octanol–water partition coefficient (Wildman–Crippen LogP) is 4.10. The third-order valence-electron chi connectivity index (χ3n) is 7.19. The highest BCUT2D eigenvalue weighted by atomic mass is 32.2. The number of hydrogen-bond donors (Lipinski definition) is 1. The van der Waals surface area contributed by atoms with Gasteiger partial charge in [-0.05, 0) is 50.7 Å². The molecule has 3 aromatic rings. The van der Waals surface area contributed by atoms with Gasteiger partial charge in [-0.15, -0.1) is 10.2 Å². The van der Waals surface area contributed by atoms with Crippen LogP contribution >= 0.6 is 23.3 Å². The summed E-state index contributed by atoms with van der Waals surface area (Å²) in [7, 11) is 2.14. The fraction of sp³-hybridized carbons (Fsp3) is 0.577. The van der Waals surface area contributed by atoms with Crippen molar-refractivity contribution in [1.29, 1.82) is 5.26 Å². The molecule has 6 rings (SSSR count). The minimum Gasteiger partial charge on any atom is -0.366 e. The molecule has 2 aliphatic carbocycles. The molecule has 1 saturated heterocycles. The molecule has 4 heterocycles. The molecule has 12 heteroatoms. The van der Waals surface area contributed by atoms with Crippen LogP contribution in [0.5, 0.6) is 0 Å². The molecule has 1 aliphatic heterocycles. The molecule has 1 N–H and O–H groups in total. The van der Waals surface area contributed by atoms with Gasteiger partial charge in [-0.2, -0.15) is 5.26 Å². The number of aromatic nitrogens is 4. The normalized spacial score (nSPS) is 19.6. The number of anilines is 1. The molecular weight excluding hydrogens is 523 g/mol. The van der Waals surface area contributed by atoms with Crippen LogP contribution in [0.3, 0.4) is 0 Å². The number of halogens is 1. The Morgan fingerprint density at radius 3 is 2.53 bits per heavy atom. The number of carbonyl (C=O) groups excluding carboxylic acids is 1. The largest absolute Gasteiger partial charge is 0.366 e. The predicted molar refractivity (Wildman–Crippen MR) is 148 cm³/mol. The van der Waals surface area contributed by atoms with Gasteiger partial charge in [-0.25, -0.2) is 9.37 Å². The molecule has 9 nitrogen and oxygen atoms in total. The van der Waals surface area contributed by atoms with Gasteiger partial charge in [0.2, 0.25) is 0 Å². The summed E-state index contributed by atoms with van der Waals surface area (Å²) < 4.78 is 18.8. The van der Waals surface area contributed by atoms with E-state index >= 15 is 0 Å². The van der Waals surface area contributed by atoms with E-state index in [1.54, 1.807) is 0 Å². The van der Waals surface area contributed by atoms with Gasteiger partial charge < -0.3 is 14.6 Å². The highest BCUT2D eigenvalue weighted by molar-refractivity contribution is 7.97. The quantitative estimate of drug-likeness (QED) is 0.324. The van der Waals surface area contributed by atoms with Gasteiger partial charge in [0.15, 0.2) is 10.7 Å². The number of fused-ring (bicyclic) bond motifs is 1. The highest BCUT2D eigenvalue weighted by Crippen LogP contribution is 2.49. The second-order valence-corrected chi connectivity index (χ2v) is 12.7. The third kappa shape index (κ3) is 5.57. The lowest BCUT2D eigenvalue weighted by Crippen LogP contribution is -2.44. The summed E-state index contributed by atoms with van der Waals surface area (Å²) in [6, 6.07) is 4.56. The molecule has 0 aromatic carbocycles. The van der Waals surface area contributed by atoms with Crippen LogP contribution in [0.2, 0.25) is 0 Å². The van der Waals surface area contributed by atoms with Gasteiger partial charge in [0, 0.05) is 43.2 Å². The summed E-state index contributed by atoms with van der Waals surface area (Å²) in [6.45, 7) is 7.21. The first kappa shape index (κ1) is 27.0. The number of nitrogens with zero attached hydrogens (tertiary/aromatic N) is 7. The molecule has 202 valence electrons. The molecule has 2 saturated carbocycles. The van der Waals surface area contributed by atoms with E-state index in [1.165, 1.54) is 23.3 Å². The third-order valence-corrected chi connectivity index (χ3v) is 9.33. The number of carbonyl (C=O) groups is 1. The average Bonchev–Trinajstić information content (AvgIpc) is 3.81. The smallest absolute Gasteiger partial charge is 0.166 e. The zero-order valence-corrected chi connectivity index (χ0v) is 23.6. The Balaban J connectivity index is 0.000000540. The van der Waals surface area contributed by atoms with Crippen LogP contribution < -0.4 is 9.62 Å². The Morgan fingerprint density at radius 2 is 1.95 bits per heavy atom. The first-order valence-electron chi connectivity index (χ1n) is 13.0. The molecule has 3 aromatic heterocycles. The van der Waals surface area contributed by atoms with Crippen LogP contribution in [0.25, 0.3) is 16.3 Å². The Bertz CT molecular complexity index is 1330. The van der Waals surface area contributed by atoms with Crippen molar-refractivity contribution < 1.29 is 9.18 Å². The van der Waals surface area contributed by atoms with Crippen molar-refractivity contribution in [2.45, 2.75) is 55.4 Å². The van der Waals surface area contributed by atoms with E-state index in [1.807, 2.05) is 26.2 Å². The van der Waals surface area contributed by atoms with Gasteiger partial charge >= 0.3 is 0 Å². The number of imidazole rings is 1. The Kier molecular flexibility index (Phi) is 7.73.